The van der Waals surface area contributed by atoms with E-state index in [2.05, 4.69) is 41.6 Å². The van der Waals surface area contributed by atoms with Crippen LogP contribution in [0.4, 0.5) is 0 Å². The van der Waals surface area contributed by atoms with Crippen LogP contribution in [-0.2, 0) is 27.5 Å². The number of aryl methyl sites for hydroxylation is 2. The van der Waals surface area contributed by atoms with E-state index in [4.69, 9.17) is 9.68 Å². The highest BCUT2D eigenvalue weighted by molar-refractivity contribution is 6.45. The molecule has 1 N–H and O–H groups in total. The van der Waals surface area contributed by atoms with E-state index in [0.29, 0.717) is 5.56 Å². The van der Waals surface area contributed by atoms with Crippen LogP contribution in [0.5, 0.6) is 0 Å². The zero-order chi connectivity index (χ0) is 21.2. The summed E-state index contributed by atoms with van der Waals surface area (Å²) in [6.45, 7) is 6.36. The average molecular weight is 396 g/mol. The third-order valence-corrected chi connectivity index (χ3v) is 4.68. The Bertz CT molecular complexity index is 904. The van der Waals surface area contributed by atoms with Crippen molar-refractivity contribution < 1.29 is 14.5 Å². The first-order valence-electron chi connectivity index (χ1n) is 9.75. The predicted molar refractivity (Wildman–Crippen MR) is 116 cm³/mol. The summed E-state index contributed by atoms with van der Waals surface area (Å²) < 4.78 is 0. The van der Waals surface area contributed by atoms with Crippen LogP contribution in [0, 0.1) is 6.92 Å². The fraction of sp³-hybridized carbons (Fsp3) is 0.348. The van der Waals surface area contributed by atoms with E-state index in [1.807, 2.05) is 37.3 Å². The molecule has 0 bridgehead atoms. The molecule has 2 rings (SSSR count). The molecule has 0 saturated heterocycles. The molecule has 1 amide bonds. The summed E-state index contributed by atoms with van der Waals surface area (Å²) in [6, 6.07) is 14.0. The summed E-state index contributed by atoms with van der Waals surface area (Å²) in [4.78, 5) is 22.8. The molecule has 0 radical (unpaired) electrons. The van der Waals surface area contributed by atoms with Gasteiger partial charge in [-0.3, -0.25) is 4.79 Å². The van der Waals surface area contributed by atoms with Crippen LogP contribution in [0.25, 0.3) is 0 Å². The molecule has 0 aliphatic rings. The molecule has 0 fully saturated rings. The lowest BCUT2D eigenvalue weighted by Gasteiger charge is -2.13. The first kappa shape index (κ1) is 22.1. The summed E-state index contributed by atoms with van der Waals surface area (Å²) in [7, 11) is 2.97. The van der Waals surface area contributed by atoms with Gasteiger partial charge >= 0.3 is 0 Å². The quantitative estimate of drug-likeness (QED) is 0.515. The van der Waals surface area contributed by atoms with Crippen molar-refractivity contribution in [1.82, 2.24) is 5.32 Å². The van der Waals surface area contributed by atoms with E-state index in [-0.39, 0.29) is 18.2 Å². The Morgan fingerprint density at radius 3 is 2.52 bits per heavy atom. The van der Waals surface area contributed by atoms with Gasteiger partial charge in [0.05, 0.1) is 5.71 Å². The number of benzene rings is 2. The lowest BCUT2D eigenvalue weighted by Crippen LogP contribution is -2.29. The Kier molecular flexibility index (Phi) is 8.40. The van der Waals surface area contributed by atoms with Crippen LogP contribution in [0.2, 0.25) is 0 Å². The summed E-state index contributed by atoms with van der Waals surface area (Å²) in [5.41, 5.74) is 5.89. The second-order valence-electron chi connectivity index (χ2n) is 6.52. The highest BCUT2D eigenvalue weighted by atomic mass is 16.6. The van der Waals surface area contributed by atoms with Gasteiger partial charge in [0, 0.05) is 18.2 Å². The molecule has 0 saturated carbocycles. The largest absolute Gasteiger partial charge is 0.398 e. The third-order valence-electron chi connectivity index (χ3n) is 4.68. The molecule has 6 nitrogen and oxygen atoms in total. The number of likely N-dealkylation sites (N-methyl/N-ethyl adjacent to an activating group) is 1. The van der Waals surface area contributed by atoms with Crippen molar-refractivity contribution in [2.45, 2.75) is 40.2 Å². The Morgan fingerprint density at radius 1 is 1.10 bits per heavy atom. The van der Waals surface area contributed by atoms with Crippen molar-refractivity contribution in [2.24, 2.45) is 10.3 Å². The molecule has 2 aromatic carbocycles. The van der Waals surface area contributed by atoms with E-state index in [1.165, 1.54) is 12.7 Å². The van der Waals surface area contributed by atoms with Gasteiger partial charge in [-0.1, -0.05) is 60.6 Å². The van der Waals surface area contributed by atoms with E-state index >= 15 is 0 Å². The lowest BCUT2D eigenvalue weighted by atomic mass is 9.98. The number of oxime groups is 2. The number of hydrogen-bond donors (Lipinski definition) is 1. The highest BCUT2D eigenvalue weighted by Gasteiger charge is 2.19. The standard InChI is InChI=1S/C23H29N3O3/c1-6-17-11-9-12-18(14-17)21(7-2)25-29-15-20-16(3)10-8-13-19(20)22(26-28-5)23(27)24-4/h8-14H,6-7,15H2,1-5H3,(H,24,27)/b25-21+,26-22+. The van der Waals surface area contributed by atoms with Gasteiger partial charge in [0.2, 0.25) is 0 Å². The maximum atomic E-state index is 12.2. The number of nitrogens with zero attached hydrogens (tertiary/aromatic N) is 2. The van der Waals surface area contributed by atoms with Crippen LogP contribution < -0.4 is 5.32 Å². The second-order valence-corrected chi connectivity index (χ2v) is 6.52. The first-order valence-corrected chi connectivity index (χ1v) is 9.75. The fourth-order valence-electron chi connectivity index (χ4n) is 3.01. The van der Waals surface area contributed by atoms with Crippen molar-refractivity contribution >= 4 is 17.3 Å². The fourth-order valence-corrected chi connectivity index (χ4v) is 3.01. The number of carbonyl (C=O) groups is 1. The van der Waals surface area contributed by atoms with Crippen molar-refractivity contribution in [1.29, 1.82) is 0 Å². The Balaban J connectivity index is 2.31. The minimum atomic E-state index is -0.326. The lowest BCUT2D eigenvalue weighted by molar-refractivity contribution is -0.114. The molecular formula is C23H29N3O3. The van der Waals surface area contributed by atoms with E-state index in [1.54, 1.807) is 7.05 Å². The van der Waals surface area contributed by atoms with Gasteiger partial charge in [0.1, 0.15) is 13.7 Å². The molecule has 0 unspecified atom stereocenters. The summed E-state index contributed by atoms with van der Waals surface area (Å²) in [6.07, 6.45) is 1.72. The third kappa shape index (κ3) is 5.67. The van der Waals surface area contributed by atoms with Crippen molar-refractivity contribution in [3.8, 4) is 0 Å². The first-order chi connectivity index (χ1) is 14.0. The molecule has 154 valence electrons. The predicted octanol–water partition coefficient (Wildman–Crippen LogP) is 3.98. The average Bonchev–Trinajstić information content (AvgIpc) is 2.75. The summed E-state index contributed by atoms with van der Waals surface area (Å²) in [5.74, 6) is -0.326. The van der Waals surface area contributed by atoms with Crippen molar-refractivity contribution in [2.75, 3.05) is 14.2 Å². The molecular weight excluding hydrogens is 366 g/mol. The van der Waals surface area contributed by atoms with Crippen molar-refractivity contribution in [3.05, 3.63) is 70.3 Å². The molecule has 2 aromatic rings. The SMILES string of the molecule is CC/C(=N\OCc1c(C)cccc1/C(=N\OC)C(=O)NC)c1cccc(CC)c1. The molecule has 6 heteroatoms. The van der Waals surface area contributed by atoms with Gasteiger partial charge in [0.15, 0.2) is 5.71 Å². The highest BCUT2D eigenvalue weighted by Crippen LogP contribution is 2.18. The number of nitrogens with one attached hydrogen (secondary N) is 1. The smallest absolute Gasteiger partial charge is 0.273 e. The van der Waals surface area contributed by atoms with Crippen LogP contribution in [0.3, 0.4) is 0 Å². The normalized spacial score (nSPS) is 11.9. The molecule has 0 aromatic heterocycles. The Hall–Kier alpha value is -3.15. The van der Waals surface area contributed by atoms with Gasteiger partial charge in [-0.15, -0.1) is 0 Å². The van der Waals surface area contributed by atoms with Crippen LogP contribution in [0.15, 0.2) is 52.8 Å². The molecule has 0 aliphatic carbocycles. The van der Waals surface area contributed by atoms with Gasteiger partial charge in [-0.05, 0) is 42.5 Å². The summed E-state index contributed by atoms with van der Waals surface area (Å²) >= 11 is 0. The molecule has 0 atom stereocenters. The van der Waals surface area contributed by atoms with Gasteiger partial charge in [-0.2, -0.15) is 0 Å². The molecule has 0 spiro atoms. The van der Waals surface area contributed by atoms with E-state index < -0.39 is 0 Å². The number of hydrogen-bond acceptors (Lipinski definition) is 5. The Labute approximate surface area is 172 Å². The Morgan fingerprint density at radius 2 is 1.86 bits per heavy atom. The van der Waals surface area contributed by atoms with Gasteiger partial charge < -0.3 is 15.0 Å². The summed E-state index contributed by atoms with van der Waals surface area (Å²) in [5, 5.41) is 10.9. The number of amides is 1. The monoisotopic (exact) mass is 395 g/mol. The molecule has 29 heavy (non-hydrogen) atoms. The van der Waals surface area contributed by atoms with Crippen LogP contribution in [0.1, 0.15) is 48.1 Å². The zero-order valence-electron chi connectivity index (χ0n) is 17.8. The van der Waals surface area contributed by atoms with Crippen molar-refractivity contribution in [3.63, 3.8) is 0 Å². The topological polar surface area (TPSA) is 72.3 Å². The molecule has 0 heterocycles. The molecule has 0 aliphatic heterocycles. The number of carbonyl (C=O) groups excluding carboxylic acids is 1. The van der Waals surface area contributed by atoms with E-state index in [0.717, 1.165) is 35.2 Å². The van der Waals surface area contributed by atoms with E-state index in [9.17, 15) is 4.79 Å². The zero-order valence-corrected chi connectivity index (χ0v) is 17.8. The van der Waals surface area contributed by atoms with Crippen LogP contribution in [-0.4, -0.2) is 31.5 Å². The number of rotatable bonds is 9. The second kappa shape index (κ2) is 11.0. The van der Waals surface area contributed by atoms with Gasteiger partial charge in [-0.25, -0.2) is 0 Å². The maximum absolute atomic E-state index is 12.2. The van der Waals surface area contributed by atoms with Gasteiger partial charge in [0.25, 0.3) is 5.91 Å². The minimum absolute atomic E-state index is 0.202. The maximum Gasteiger partial charge on any atom is 0.273 e. The minimum Gasteiger partial charge on any atom is -0.398 e. The van der Waals surface area contributed by atoms with Crippen LogP contribution >= 0.6 is 0 Å².